The molecule has 1 heterocycles. The van der Waals surface area contributed by atoms with E-state index in [1.54, 1.807) is 0 Å². The maximum Gasteiger partial charge on any atom is 0.138 e. The first-order valence-corrected chi connectivity index (χ1v) is 7.41. The number of hydrogen-bond donors (Lipinski definition) is 3. The molecule has 20 heavy (non-hydrogen) atoms. The minimum Gasteiger partial charge on any atom is -0.396 e. The molecule has 1 aromatic rings. The zero-order valence-electron chi connectivity index (χ0n) is 13.3. The van der Waals surface area contributed by atoms with Crippen LogP contribution in [0.1, 0.15) is 53.3 Å². The van der Waals surface area contributed by atoms with Gasteiger partial charge in [-0.05, 0) is 19.8 Å². The summed E-state index contributed by atoms with van der Waals surface area (Å²) in [6.45, 7) is 11.5. The van der Waals surface area contributed by atoms with Crippen LogP contribution < -0.4 is 10.6 Å². The molecule has 3 N–H and O–H groups in total. The van der Waals surface area contributed by atoms with E-state index < -0.39 is 0 Å². The molecule has 0 bridgehead atoms. The molecule has 0 spiro atoms. The Morgan fingerprint density at radius 3 is 2.35 bits per heavy atom. The van der Waals surface area contributed by atoms with Crippen molar-refractivity contribution in [2.45, 2.75) is 58.9 Å². The average Bonchev–Trinajstić information content (AvgIpc) is 2.37. The van der Waals surface area contributed by atoms with Crippen molar-refractivity contribution in [3.63, 3.8) is 0 Å². The van der Waals surface area contributed by atoms with Crippen molar-refractivity contribution in [2.24, 2.45) is 0 Å². The first kappa shape index (κ1) is 16.7. The predicted octanol–water partition coefficient (Wildman–Crippen LogP) is 2.78. The summed E-state index contributed by atoms with van der Waals surface area (Å²) in [6.07, 6.45) is 1.67. The van der Waals surface area contributed by atoms with Crippen LogP contribution in [-0.2, 0) is 5.41 Å². The second-order valence-electron chi connectivity index (χ2n) is 6.00. The van der Waals surface area contributed by atoms with Gasteiger partial charge in [0.1, 0.15) is 17.5 Å². The van der Waals surface area contributed by atoms with E-state index in [4.69, 9.17) is 5.11 Å². The van der Waals surface area contributed by atoms with E-state index in [1.807, 2.05) is 13.0 Å². The summed E-state index contributed by atoms with van der Waals surface area (Å²) in [4.78, 5) is 9.17. The highest BCUT2D eigenvalue weighted by Crippen LogP contribution is 2.23. The normalized spacial score (nSPS) is 13.1. The Balaban J connectivity index is 3.02. The van der Waals surface area contributed by atoms with Gasteiger partial charge in [-0.1, -0.05) is 27.7 Å². The third kappa shape index (κ3) is 4.96. The maximum absolute atomic E-state index is 9.08. The molecule has 1 rings (SSSR count). The van der Waals surface area contributed by atoms with Crippen molar-refractivity contribution in [3.05, 3.63) is 11.9 Å². The summed E-state index contributed by atoms with van der Waals surface area (Å²) >= 11 is 0. The number of rotatable bonds is 7. The molecule has 0 aliphatic carbocycles. The average molecular weight is 280 g/mol. The third-order valence-corrected chi connectivity index (χ3v) is 3.08. The van der Waals surface area contributed by atoms with Gasteiger partial charge >= 0.3 is 0 Å². The molecule has 1 unspecified atom stereocenters. The summed E-state index contributed by atoms with van der Waals surface area (Å²) in [5.41, 5.74) is -0.0967. The summed E-state index contributed by atoms with van der Waals surface area (Å²) in [6, 6.07) is 2.16. The fourth-order valence-corrected chi connectivity index (χ4v) is 1.87. The Morgan fingerprint density at radius 2 is 1.85 bits per heavy atom. The molecule has 5 heteroatoms. The van der Waals surface area contributed by atoms with Gasteiger partial charge in [-0.25, -0.2) is 9.97 Å². The van der Waals surface area contributed by atoms with E-state index in [0.29, 0.717) is 0 Å². The number of hydrogen-bond acceptors (Lipinski definition) is 5. The highest BCUT2D eigenvalue weighted by molar-refractivity contribution is 5.48. The quantitative estimate of drug-likeness (QED) is 0.716. The molecule has 5 nitrogen and oxygen atoms in total. The lowest BCUT2D eigenvalue weighted by molar-refractivity contribution is 0.278. The zero-order chi connectivity index (χ0) is 15.2. The fraction of sp³-hybridized carbons (Fsp3) is 0.733. The number of aliphatic hydroxyl groups is 1. The van der Waals surface area contributed by atoms with Crippen molar-refractivity contribution in [1.29, 1.82) is 0 Å². The molecule has 1 aromatic heterocycles. The Kier molecular flexibility index (Phi) is 6.20. The van der Waals surface area contributed by atoms with E-state index in [2.05, 4.69) is 48.3 Å². The van der Waals surface area contributed by atoms with Gasteiger partial charge < -0.3 is 15.7 Å². The summed E-state index contributed by atoms with van der Waals surface area (Å²) < 4.78 is 0. The second kappa shape index (κ2) is 7.43. The molecule has 1 atom stereocenters. The van der Waals surface area contributed by atoms with Gasteiger partial charge in [0, 0.05) is 30.7 Å². The zero-order valence-corrected chi connectivity index (χ0v) is 13.3. The fourth-order valence-electron chi connectivity index (χ4n) is 1.87. The van der Waals surface area contributed by atoms with Gasteiger partial charge in [-0.3, -0.25) is 0 Å². The monoisotopic (exact) mass is 280 g/mol. The van der Waals surface area contributed by atoms with E-state index in [-0.39, 0.29) is 18.1 Å². The molecule has 0 aromatic carbocycles. The molecule has 0 saturated heterocycles. The smallest absolute Gasteiger partial charge is 0.138 e. The van der Waals surface area contributed by atoms with Crippen LogP contribution in [0.15, 0.2) is 6.07 Å². The van der Waals surface area contributed by atoms with E-state index in [0.717, 1.165) is 36.8 Å². The summed E-state index contributed by atoms with van der Waals surface area (Å²) in [5.74, 6) is 2.48. The predicted molar refractivity (Wildman–Crippen MR) is 84.3 cm³/mol. The summed E-state index contributed by atoms with van der Waals surface area (Å²) in [5, 5.41) is 15.7. The van der Waals surface area contributed by atoms with Gasteiger partial charge in [-0.2, -0.15) is 0 Å². The molecular weight excluding hydrogens is 252 g/mol. The Hall–Kier alpha value is -1.36. The molecule has 114 valence electrons. The van der Waals surface area contributed by atoms with Gasteiger partial charge in [0.15, 0.2) is 0 Å². The van der Waals surface area contributed by atoms with Crippen LogP contribution in [0, 0.1) is 0 Å². The van der Waals surface area contributed by atoms with Crippen molar-refractivity contribution in [3.8, 4) is 0 Å². The van der Waals surface area contributed by atoms with Crippen molar-refractivity contribution >= 4 is 11.6 Å². The Bertz CT molecular complexity index is 415. The van der Waals surface area contributed by atoms with Crippen LogP contribution in [0.4, 0.5) is 11.6 Å². The largest absolute Gasteiger partial charge is 0.396 e. The molecule has 0 amide bonds. The minimum absolute atomic E-state index is 0.0967. The first-order chi connectivity index (χ1) is 9.40. The SMILES string of the molecule is CCNc1cc(NC(CC)CCO)nc(C(C)(C)C)n1. The number of aliphatic hydroxyl groups excluding tert-OH is 1. The molecule has 0 aliphatic rings. The maximum atomic E-state index is 9.08. The van der Waals surface area contributed by atoms with Crippen molar-refractivity contribution < 1.29 is 5.11 Å². The van der Waals surface area contributed by atoms with E-state index >= 15 is 0 Å². The molecule has 0 radical (unpaired) electrons. The lowest BCUT2D eigenvalue weighted by Crippen LogP contribution is -2.23. The molecular formula is C15H28N4O. The number of nitrogens with one attached hydrogen (secondary N) is 2. The molecule has 0 saturated carbocycles. The van der Waals surface area contributed by atoms with Gasteiger partial charge in [0.2, 0.25) is 0 Å². The highest BCUT2D eigenvalue weighted by atomic mass is 16.3. The number of anilines is 2. The highest BCUT2D eigenvalue weighted by Gasteiger charge is 2.19. The van der Waals surface area contributed by atoms with Crippen LogP contribution in [0.25, 0.3) is 0 Å². The van der Waals surface area contributed by atoms with Crippen LogP contribution in [-0.4, -0.2) is 34.3 Å². The second-order valence-corrected chi connectivity index (χ2v) is 6.00. The lowest BCUT2D eigenvalue weighted by atomic mass is 9.96. The van der Waals surface area contributed by atoms with Crippen molar-refractivity contribution in [1.82, 2.24) is 9.97 Å². The molecule has 0 fully saturated rings. The van der Waals surface area contributed by atoms with Crippen molar-refractivity contribution in [2.75, 3.05) is 23.8 Å². The first-order valence-electron chi connectivity index (χ1n) is 7.41. The Morgan fingerprint density at radius 1 is 1.20 bits per heavy atom. The van der Waals surface area contributed by atoms with Crippen LogP contribution in [0.2, 0.25) is 0 Å². The van der Waals surface area contributed by atoms with Gasteiger partial charge in [-0.15, -0.1) is 0 Å². The van der Waals surface area contributed by atoms with E-state index in [9.17, 15) is 0 Å². The molecule has 0 aliphatic heterocycles. The van der Waals surface area contributed by atoms with E-state index in [1.165, 1.54) is 0 Å². The third-order valence-electron chi connectivity index (χ3n) is 3.08. The minimum atomic E-state index is -0.0967. The van der Waals surface area contributed by atoms with Crippen LogP contribution in [0.5, 0.6) is 0 Å². The standard InChI is InChI=1S/C15H28N4O/c1-6-11(8-9-20)17-13-10-12(16-7-2)18-14(19-13)15(3,4)5/h10-11,20H,6-9H2,1-5H3,(H2,16,17,18,19). The summed E-state index contributed by atoms with van der Waals surface area (Å²) in [7, 11) is 0. The van der Waals surface area contributed by atoms with Crippen LogP contribution in [0.3, 0.4) is 0 Å². The Labute approximate surface area is 122 Å². The van der Waals surface area contributed by atoms with Gasteiger partial charge in [0.05, 0.1) is 0 Å². The topological polar surface area (TPSA) is 70.1 Å². The lowest BCUT2D eigenvalue weighted by Gasteiger charge is -2.21. The van der Waals surface area contributed by atoms with Gasteiger partial charge in [0.25, 0.3) is 0 Å². The number of aromatic nitrogens is 2. The number of nitrogens with zero attached hydrogens (tertiary/aromatic N) is 2. The van der Waals surface area contributed by atoms with Crippen LogP contribution >= 0.6 is 0 Å².